The van der Waals surface area contributed by atoms with Gasteiger partial charge in [-0.25, -0.2) is 4.98 Å². The van der Waals surface area contributed by atoms with E-state index >= 15 is 0 Å². The highest BCUT2D eigenvalue weighted by atomic mass is 32.2. The predicted octanol–water partition coefficient (Wildman–Crippen LogP) is 4.36. The molecule has 0 unspecified atom stereocenters. The van der Waals surface area contributed by atoms with Crippen molar-refractivity contribution in [3.8, 4) is 17.5 Å². The summed E-state index contributed by atoms with van der Waals surface area (Å²) in [5.74, 6) is 0.0309. The maximum absolute atomic E-state index is 12.3. The molecule has 0 radical (unpaired) electrons. The highest BCUT2D eigenvalue weighted by Crippen LogP contribution is 2.25. The molecular weight excluding hydrogens is 356 g/mol. The summed E-state index contributed by atoms with van der Waals surface area (Å²) in [5, 5.41) is 12.8. The molecule has 27 heavy (non-hydrogen) atoms. The van der Waals surface area contributed by atoms with Crippen molar-refractivity contribution in [3.05, 3.63) is 71.4 Å². The Bertz CT molecular complexity index is 1010. The van der Waals surface area contributed by atoms with Crippen LogP contribution in [0.15, 0.2) is 59.8 Å². The van der Waals surface area contributed by atoms with E-state index in [9.17, 15) is 10.1 Å². The molecule has 3 aromatic rings. The number of rotatable bonds is 5. The van der Waals surface area contributed by atoms with E-state index in [0.717, 1.165) is 22.5 Å². The lowest BCUT2D eigenvalue weighted by molar-refractivity contribution is -0.113. The van der Waals surface area contributed by atoms with Crippen LogP contribution < -0.4 is 5.32 Å². The standard InChI is InChI=1S/C21H18N4OS/c1-14-6-5-8-17(15(14)2)24-20(26)13-27-21-16(12-22)9-10-19(25-21)18-7-3-4-11-23-18/h3-11H,13H2,1-2H3,(H,24,26). The molecule has 5 nitrogen and oxygen atoms in total. The summed E-state index contributed by atoms with van der Waals surface area (Å²) >= 11 is 1.24. The number of carbonyl (C=O) groups excluding carboxylic acids is 1. The minimum Gasteiger partial charge on any atom is -0.325 e. The third-order valence-corrected chi connectivity index (χ3v) is 5.12. The van der Waals surface area contributed by atoms with Crippen LogP contribution in [-0.2, 0) is 4.79 Å². The number of anilines is 1. The molecule has 1 N–H and O–H groups in total. The summed E-state index contributed by atoms with van der Waals surface area (Å²) in [6.07, 6.45) is 1.69. The second-order valence-electron chi connectivity index (χ2n) is 5.96. The zero-order valence-electron chi connectivity index (χ0n) is 15.1. The third kappa shape index (κ3) is 4.52. The zero-order valence-corrected chi connectivity index (χ0v) is 15.9. The molecular formula is C21H18N4OS. The van der Waals surface area contributed by atoms with Gasteiger partial charge in [0.2, 0.25) is 5.91 Å². The number of aromatic nitrogens is 2. The number of amides is 1. The number of pyridine rings is 2. The minimum atomic E-state index is -0.136. The lowest BCUT2D eigenvalue weighted by atomic mass is 10.1. The fourth-order valence-corrected chi connectivity index (χ4v) is 3.27. The van der Waals surface area contributed by atoms with Gasteiger partial charge in [0.05, 0.1) is 22.7 Å². The molecule has 0 aliphatic heterocycles. The van der Waals surface area contributed by atoms with Crippen LogP contribution in [0, 0.1) is 25.2 Å². The molecule has 0 saturated heterocycles. The van der Waals surface area contributed by atoms with Gasteiger partial charge in [-0.1, -0.05) is 30.0 Å². The number of benzene rings is 1. The van der Waals surface area contributed by atoms with Crippen LogP contribution in [0.5, 0.6) is 0 Å². The molecule has 0 atom stereocenters. The quantitative estimate of drug-likeness (QED) is 0.671. The average molecular weight is 374 g/mol. The van der Waals surface area contributed by atoms with Crippen molar-refractivity contribution in [2.75, 3.05) is 11.1 Å². The smallest absolute Gasteiger partial charge is 0.234 e. The summed E-state index contributed by atoms with van der Waals surface area (Å²) < 4.78 is 0. The number of nitriles is 1. The molecule has 2 heterocycles. The van der Waals surface area contributed by atoms with Crippen LogP contribution in [0.3, 0.4) is 0 Å². The monoisotopic (exact) mass is 374 g/mol. The Morgan fingerprint density at radius 3 is 2.70 bits per heavy atom. The van der Waals surface area contributed by atoms with Gasteiger partial charge in [-0.3, -0.25) is 9.78 Å². The van der Waals surface area contributed by atoms with E-state index in [1.165, 1.54) is 11.8 Å². The van der Waals surface area contributed by atoms with Gasteiger partial charge in [0, 0.05) is 11.9 Å². The number of aryl methyl sites for hydroxylation is 1. The SMILES string of the molecule is Cc1cccc(NC(=O)CSc2nc(-c3ccccn3)ccc2C#N)c1C. The van der Waals surface area contributed by atoms with Crippen molar-refractivity contribution in [3.63, 3.8) is 0 Å². The van der Waals surface area contributed by atoms with Gasteiger partial charge < -0.3 is 5.32 Å². The molecule has 1 amide bonds. The van der Waals surface area contributed by atoms with Crippen LogP contribution in [0.4, 0.5) is 5.69 Å². The molecule has 3 rings (SSSR count). The topological polar surface area (TPSA) is 78.7 Å². The maximum Gasteiger partial charge on any atom is 0.234 e. The van der Waals surface area contributed by atoms with Gasteiger partial charge >= 0.3 is 0 Å². The molecule has 2 aromatic heterocycles. The van der Waals surface area contributed by atoms with E-state index in [2.05, 4.69) is 21.4 Å². The van der Waals surface area contributed by atoms with Gasteiger partial charge in [-0.15, -0.1) is 0 Å². The van der Waals surface area contributed by atoms with E-state index in [1.54, 1.807) is 18.3 Å². The Labute approximate surface area is 162 Å². The van der Waals surface area contributed by atoms with Crippen LogP contribution in [0.1, 0.15) is 16.7 Å². The van der Waals surface area contributed by atoms with Gasteiger partial charge in [-0.05, 0) is 55.3 Å². The first-order valence-corrected chi connectivity index (χ1v) is 9.38. The highest BCUT2D eigenvalue weighted by molar-refractivity contribution is 8.00. The Morgan fingerprint density at radius 2 is 1.96 bits per heavy atom. The van der Waals surface area contributed by atoms with Crippen molar-refractivity contribution in [1.29, 1.82) is 5.26 Å². The van der Waals surface area contributed by atoms with Crippen molar-refractivity contribution in [2.45, 2.75) is 18.9 Å². The lowest BCUT2D eigenvalue weighted by Crippen LogP contribution is -2.15. The lowest BCUT2D eigenvalue weighted by Gasteiger charge is -2.10. The molecule has 134 valence electrons. The highest BCUT2D eigenvalue weighted by Gasteiger charge is 2.12. The normalized spacial score (nSPS) is 10.3. The fourth-order valence-electron chi connectivity index (χ4n) is 2.50. The van der Waals surface area contributed by atoms with Crippen molar-refractivity contribution in [1.82, 2.24) is 9.97 Å². The van der Waals surface area contributed by atoms with Gasteiger partial charge in [0.1, 0.15) is 11.1 Å². The Balaban J connectivity index is 1.74. The third-order valence-electron chi connectivity index (χ3n) is 4.13. The maximum atomic E-state index is 12.3. The molecule has 0 fully saturated rings. The first-order valence-electron chi connectivity index (χ1n) is 8.40. The summed E-state index contributed by atoms with van der Waals surface area (Å²) in [7, 11) is 0. The summed E-state index contributed by atoms with van der Waals surface area (Å²) in [6, 6.07) is 17.0. The number of carbonyl (C=O) groups is 1. The molecule has 0 aliphatic carbocycles. The van der Waals surface area contributed by atoms with E-state index in [0.29, 0.717) is 16.3 Å². The first-order chi connectivity index (χ1) is 13.1. The van der Waals surface area contributed by atoms with Crippen LogP contribution in [-0.4, -0.2) is 21.6 Å². The first kappa shape index (κ1) is 18.6. The van der Waals surface area contributed by atoms with Crippen molar-refractivity contribution < 1.29 is 4.79 Å². The van der Waals surface area contributed by atoms with Crippen LogP contribution >= 0.6 is 11.8 Å². The number of thioether (sulfide) groups is 1. The number of nitrogens with one attached hydrogen (secondary N) is 1. The summed E-state index contributed by atoms with van der Waals surface area (Å²) in [4.78, 5) is 21.2. The molecule has 0 saturated carbocycles. The molecule has 6 heteroatoms. The second kappa shape index (κ2) is 8.47. The summed E-state index contributed by atoms with van der Waals surface area (Å²) in [6.45, 7) is 3.98. The van der Waals surface area contributed by atoms with Gasteiger partial charge in [0.25, 0.3) is 0 Å². The zero-order chi connectivity index (χ0) is 19.2. The fraction of sp³-hybridized carbons (Fsp3) is 0.143. The van der Waals surface area contributed by atoms with Crippen LogP contribution in [0.2, 0.25) is 0 Å². The Hall–Kier alpha value is -3.17. The van der Waals surface area contributed by atoms with E-state index in [1.807, 2.05) is 50.2 Å². The second-order valence-corrected chi connectivity index (χ2v) is 6.92. The predicted molar refractivity (Wildman–Crippen MR) is 107 cm³/mol. The Morgan fingerprint density at radius 1 is 1.11 bits per heavy atom. The number of nitrogens with zero attached hydrogens (tertiary/aromatic N) is 3. The largest absolute Gasteiger partial charge is 0.325 e. The molecule has 1 aromatic carbocycles. The van der Waals surface area contributed by atoms with Crippen molar-refractivity contribution in [2.24, 2.45) is 0 Å². The molecule has 0 aliphatic rings. The van der Waals surface area contributed by atoms with E-state index in [-0.39, 0.29) is 11.7 Å². The van der Waals surface area contributed by atoms with E-state index in [4.69, 9.17) is 0 Å². The summed E-state index contributed by atoms with van der Waals surface area (Å²) in [5.41, 5.74) is 4.81. The average Bonchev–Trinajstić information content (AvgIpc) is 2.70. The van der Waals surface area contributed by atoms with Crippen molar-refractivity contribution >= 4 is 23.4 Å². The van der Waals surface area contributed by atoms with Gasteiger partial charge in [0.15, 0.2) is 0 Å². The molecule has 0 bridgehead atoms. The van der Waals surface area contributed by atoms with Crippen LogP contribution in [0.25, 0.3) is 11.4 Å². The Kier molecular flexibility index (Phi) is 5.84. The van der Waals surface area contributed by atoms with Gasteiger partial charge in [-0.2, -0.15) is 5.26 Å². The van der Waals surface area contributed by atoms with E-state index < -0.39 is 0 Å². The number of hydrogen-bond donors (Lipinski definition) is 1. The molecule has 0 spiro atoms. The number of hydrogen-bond acceptors (Lipinski definition) is 5. The minimum absolute atomic E-state index is 0.136.